The first-order valence-electron chi connectivity index (χ1n) is 5.85. The highest BCUT2D eigenvalue weighted by molar-refractivity contribution is 5.82. The predicted octanol–water partition coefficient (Wildman–Crippen LogP) is 1.19. The lowest BCUT2D eigenvalue weighted by molar-refractivity contribution is -0.164. The molecule has 0 aromatic heterocycles. The van der Waals surface area contributed by atoms with Crippen molar-refractivity contribution in [3.63, 3.8) is 0 Å². The molecule has 1 aliphatic heterocycles. The van der Waals surface area contributed by atoms with Gasteiger partial charge in [0.1, 0.15) is 5.60 Å². The molecular formula is C12H21NO5. The maximum Gasteiger partial charge on any atom is 0.410 e. The molecule has 0 aromatic rings. The van der Waals surface area contributed by atoms with Crippen molar-refractivity contribution in [1.29, 1.82) is 0 Å². The molecule has 0 aromatic carbocycles. The zero-order valence-corrected chi connectivity index (χ0v) is 11.6. The van der Waals surface area contributed by atoms with Gasteiger partial charge in [0.05, 0.1) is 13.7 Å². The summed E-state index contributed by atoms with van der Waals surface area (Å²) in [4.78, 5) is 25.0. The van der Waals surface area contributed by atoms with E-state index in [1.54, 1.807) is 20.8 Å². The van der Waals surface area contributed by atoms with E-state index in [0.29, 0.717) is 13.0 Å². The van der Waals surface area contributed by atoms with E-state index in [1.165, 1.54) is 19.1 Å². The fraction of sp³-hybridized carbons (Fsp3) is 0.833. The van der Waals surface area contributed by atoms with Crippen LogP contribution in [0.15, 0.2) is 0 Å². The number of ether oxygens (including phenoxy) is 3. The van der Waals surface area contributed by atoms with E-state index < -0.39 is 23.3 Å². The molecule has 0 saturated carbocycles. The van der Waals surface area contributed by atoms with Gasteiger partial charge in [0.2, 0.25) is 0 Å². The molecule has 0 N–H and O–H groups in total. The number of amides is 1. The van der Waals surface area contributed by atoms with Gasteiger partial charge in [-0.25, -0.2) is 9.59 Å². The normalized spacial score (nSPS) is 23.9. The van der Waals surface area contributed by atoms with Crippen LogP contribution >= 0.6 is 0 Å². The van der Waals surface area contributed by atoms with Gasteiger partial charge in [0, 0.05) is 20.1 Å². The first-order valence-corrected chi connectivity index (χ1v) is 5.85. The Labute approximate surface area is 107 Å². The minimum absolute atomic E-state index is 0.158. The minimum atomic E-state index is -1.06. The van der Waals surface area contributed by atoms with Crippen LogP contribution in [-0.2, 0) is 19.0 Å². The van der Waals surface area contributed by atoms with Crippen molar-refractivity contribution in [3.8, 4) is 0 Å². The van der Waals surface area contributed by atoms with Gasteiger partial charge in [0.25, 0.3) is 0 Å². The van der Waals surface area contributed by atoms with E-state index in [-0.39, 0.29) is 6.54 Å². The number of likely N-dealkylation sites (tertiary alicyclic amines) is 1. The number of carbonyl (C=O) groups excluding carboxylic acids is 2. The molecule has 1 amide bonds. The van der Waals surface area contributed by atoms with Crippen molar-refractivity contribution in [2.45, 2.75) is 38.4 Å². The highest BCUT2D eigenvalue weighted by atomic mass is 16.6. The first kappa shape index (κ1) is 14.8. The third kappa shape index (κ3) is 3.13. The lowest BCUT2D eigenvalue weighted by atomic mass is 10.0. The number of hydrogen-bond donors (Lipinski definition) is 0. The van der Waals surface area contributed by atoms with Crippen LogP contribution < -0.4 is 0 Å². The molecular weight excluding hydrogens is 238 g/mol. The Balaban J connectivity index is 2.70. The molecule has 0 bridgehead atoms. The van der Waals surface area contributed by atoms with Crippen molar-refractivity contribution >= 4 is 12.1 Å². The summed E-state index contributed by atoms with van der Waals surface area (Å²) >= 11 is 0. The summed E-state index contributed by atoms with van der Waals surface area (Å²) < 4.78 is 15.2. The number of rotatable bonds is 2. The van der Waals surface area contributed by atoms with Crippen LogP contribution in [0.1, 0.15) is 27.2 Å². The largest absolute Gasteiger partial charge is 0.467 e. The second-order valence-corrected chi connectivity index (χ2v) is 5.34. The Bertz CT molecular complexity index is 336. The second kappa shape index (κ2) is 5.14. The molecule has 6 nitrogen and oxygen atoms in total. The van der Waals surface area contributed by atoms with Crippen molar-refractivity contribution in [1.82, 2.24) is 4.90 Å². The number of carbonyl (C=O) groups is 2. The summed E-state index contributed by atoms with van der Waals surface area (Å²) in [6.07, 6.45) is -0.0274. The fourth-order valence-corrected chi connectivity index (χ4v) is 1.87. The van der Waals surface area contributed by atoms with E-state index in [1.807, 2.05) is 0 Å². The van der Waals surface area contributed by atoms with E-state index in [2.05, 4.69) is 0 Å². The summed E-state index contributed by atoms with van der Waals surface area (Å²) in [7, 11) is 2.74. The predicted molar refractivity (Wildman–Crippen MR) is 64.2 cm³/mol. The summed E-state index contributed by atoms with van der Waals surface area (Å²) in [5.74, 6) is -0.462. The Morgan fingerprint density at radius 3 is 2.28 bits per heavy atom. The van der Waals surface area contributed by atoms with Crippen molar-refractivity contribution in [3.05, 3.63) is 0 Å². The van der Waals surface area contributed by atoms with Crippen LogP contribution in [0.5, 0.6) is 0 Å². The summed E-state index contributed by atoms with van der Waals surface area (Å²) in [5, 5.41) is 0. The lowest BCUT2D eigenvalue weighted by Gasteiger charge is -2.27. The van der Waals surface area contributed by atoms with Crippen LogP contribution in [0, 0.1) is 0 Å². The van der Waals surface area contributed by atoms with Gasteiger partial charge in [-0.1, -0.05) is 0 Å². The van der Waals surface area contributed by atoms with Gasteiger partial charge in [-0.3, -0.25) is 0 Å². The monoisotopic (exact) mass is 259 g/mol. The van der Waals surface area contributed by atoms with E-state index in [0.717, 1.165) is 0 Å². The number of esters is 1. The summed E-state index contributed by atoms with van der Waals surface area (Å²) in [5.41, 5.74) is -1.62. The fourth-order valence-electron chi connectivity index (χ4n) is 1.87. The van der Waals surface area contributed by atoms with Crippen molar-refractivity contribution in [2.24, 2.45) is 0 Å². The van der Waals surface area contributed by atoms with E-state index >= 15 is 0 Å². The van der Waals surface area contributed by atoms with Crippen LogP contribution in [0.25, 0.3) is 0 Å². The topological polar surface area (TPSA) is 65.1 Å². The highest BCUT2D eigenvalue weighted by Crippen LogP contribution is 2.27. The third-order valence-corrected chi connectivity index (χ3v) is 2.83. The van der Waals surface area contributed by atoms with Gasteiger partial charge < -0.3 is 19.1 Å². The molecule has 1 atom stereocenters. The minimum Gasteiger partial charge on any atom is -0.467 e. The van der Waals surface area contributed by atoms with E-state index in [4.69, 9.17) is 14.2 Å². The SMILES string of the molecule is COC(=O)[C@]1(OC)CCN(C(=O)OC(C)(C)C)C1. The van der Waals surface area contributed by atoms with Gasteiger partial charge in [-0.15, -0.1) is 0 Å². The third-order valence-electron chi connectivity index (χ3n) is 2.83. The Hall–Kier alpha value is -1.30. The molecule has 1 aliphatic rings. The molecule has 0 unspecified atom stereocenters. The quantitative estimate of drug-likeness (QED) is 0.697. The van der Waals surface area contributed by atoms with Crippen LogP contribution in [-0.4, -0.2) is 55.5 Å². The maximum absolute atomic E-state index is 11.9. The Morgan fingerprint density at radius 1 is 1.22 bits per heavy atom. The zero-order chi connectivity index (χ0) is 14.0. The van der Waals surface area contributed by atoms with Crippen LogP contribution in [0.2, 0.25) is 0 Å². The summed E-state index contributed by atoms with van der Waals surface area (Å²) in [6.45, 7) is 5.96. The maximum atomic E-state index is 11.9. The number of methoxy groups -OCH3 is 2. The molecule has 0 aliphatic carbocycles. The van der Waals surface area contributed by atoms with Crippen molar-refractivity contribution in [2.75, 3.05) is 27.3 Å². The molecule has 1 fully saturated rings. The molecule has 18 heavy (non-hydrogen) atoms. The Morgan fingerprint density at radius 2 is 1.83 bits per heavy atom. The Kier molecular flexibility index (Phi) is 4.21. The average molecular weight is 259 g/mol. The van der Waals surface area contributed by atoms with Gasteiger partial charge in [-0.05, 0) is 20.8 Å². The van der Waals surface area contributed by atoms with E-state index in [9.17, 15) is 9.59 Å². The second-order valence-electron chi connectivity index (χ2n) is 5.34. The molecule has 6 heteroatoms. The van der Waals surface area contributed by atoms with Crippen LogP contribution in [0.3, 0.4) is 0 Å². The molecule has 104 valence electrons. The average Bonchev–Trinajstić information content (AvgIpc) is 2.71. The van der Waals surface area contributed by atoms with Gasteiger partial charge in [-0.2, -0.15) is 0 Å². The molecule has 0 spiro atoms. The number of hydrogen-bond acceptors (Lipinski definition) is 5. The molecule has 1 rings (SSSR count). The molecule has 1 heterocycles. The molecule has 1 saturated heterocycles. The lowest BCUT2D eigenvalue weighted by Crippen LogP contribution is -2.46. The van der Waals surface area contributed by atoms with Gasteiger partial charge >= 0.3 is 12.1 Å². The zero-order valence-electron chi connectivity index (χ0n) is 11.6. The highest BCUT2D eigenvalue weighted by Gasteiger charge is 2.48. The van der Waals surface area contributed by atoms with Crippen molar-refractivity contribution < 1.29 is 23.8 Å². The van der Waals surface area contributed by atoms with Crippen LogP contribution in [0.4, 0.5) is 4.79 Å². The van der Waals surface area contributed by atoms with Gasteiger partial charge in [0.15, 0.2) is 5.60 Å². The standard InChI is InChI=1S/C12H21NO5/c1-11(2,3)18-10(15)13-7-6-12(8-13,17-5)9(14)16-4/h6-8H2,1-5H3/t12-/m0/s1. The number of nitrogens with zero attached hydrogens (tertiary/aromatic N) is 1. The molecule has 0 radical (unpaired) electrons. The first-order chi connectivity index (χ1) is 8.24. The smallest absolute Gasteiger partial charge is 0.410 e. The summed E-state index contributed by atoms with van der Waals surface area (Å²) in [6, 6.07) is 0.